The Morgan fingerprint density at radius 1 is 1.04 bits per heavy atom. The number of anilines is 2. The lowest BCUT2D eigenvalue weighted by Gasteiger charge is -2.31. The molecule has 1 saturated heterocycles. The lowest BCUT2D eigenvalue weighted by molar-refractivity contribution is 0.0637. The van der Waals surface area contributed by atoms with Crippen molar-refractivity contribution in [1.29, 1.82) is 0 Å². The molecular formula is C19H17ClN2OS. The predicted octanol–water partition coefficient (Wildman–Crippen LogP) is 4.24. The van der Waals surface area contributed by atoms with Crippen LogP contribution in [-0.2, 0) is 4.74 Å². The molecule has 2 aromatic carbocycles. The number of nitrogens with zero attached hydrogens (tertiary/aromatic N) is 2. The number of hydrogen-bond donors (Lipinski definition) is 0. The third-order valence-electron chi connectivity index (χ3n) is 4.07. The fourth-order valence-corrected chi connectivity index (χ4v) is 4.12. The molecule has 0 amide bonds. The minimum atomic E-state index is 0.641. The maximum Gasteiger partial charge on any atom is 0.0862 e. The molecule has 5 heteroatoms. The van der Waals surface area contributed by atoms with Gasteiger partial charge in [-0.05, 0) is 30.3 Å². The zero-order valence-electron chi connectivity index (χ0n) is 13.2. The van der Waals surface area contributed by atoms with Crippen molar-refractivity contribution in [3.8, 4) is 12.0 Å². The fraction of sp³-hybridized carbons (Fsp3) is 0.263. The first-order chi connectivity index (χ1) is 11.8. The van der Waals surface area contributed by atoms with Crippen molar-refractivity contribution in [1.82, 2.24) is 4.90 Å². The Bertz CT molecular complexity index is 808. The van der Waals surface area contributed by atoms with Crippen molar-refractivity contribution in [3.63, 3.8) is 0 Å². The molecule has 0 aromatic heterocycles. The minimum Gasteiger partial charge on any atom is -0.378 e. The van der Waals surface area contributed by atoms with Crippen LogP contribution >= 0.6 is 23.4 Å². The van der Waals surface area contributed by atoms with Crippen LogP contribution in [0.4, 0.5) is 11.4 Å². The summed E-state index contributed by atoms with van der Waals surface area (Å²) in [7, 11) is 0. The molecule has 24 heavy (non-hydrogen) atoms. The molecule has 4 rings (SSSR count). The smallest absolute Gasteiger partial charge is 0.0862 e. The van der Waals surface area contributed by atoms with Crippen molar-refractivity contribution in [2.45, 2.75) is 9.79 Å². The first-order valence-electron chi connectivity index (χ1n) is 7.96. The van der Waals surface area contributed by atoms with Gasteiger partial charge in [0.25, 0.3) is 0 Å². The number of fused-ring (bicyclic) bond motifs is 2. The Kier molecular flexibility index (Phi) is 4.57. The van der Waals surface area contributed by atoms with E-state index < -0.39 is 0 Å². The second-order valence-corrected chi connectivity index (χ2v) is 7.18. The Morgan fingerprint density at radius 3 is 2.71 bits per heavy atom. The molecule has 3 nitrogen and oxygen atoms in total. The molecule has 2 aliphatic rings. The van der Waals surface area contributed by atoms with Gasteiger partial charge in [-0.1, -0.05) is 41.4 Å². The molecule has 1 fully saturated rings. The maximum atomic E-state index is 6.23. The van der Waals surface area contributed by atoms with E-state index in [0.717, 1.165) is 37.0 Å². The predicted molar refractivity (Wildman–Crippen MR) is 99.2 cm³/mol. The zero-order valence-corrected chi connectivity index (χ0v) is 14.7. The van der Waals surface area contributed by atoms with Crippen molar-refractivity contribution in [3.05, 3.63) is 47.5 Å². The van der Waals surface area contributed by atoms with Crippen LogP contribution in [0.15, 0.2) is 52.3 Å². The largest absolute Gasteiger partial charge is 0.378 e. The highest BCUT2D eigenvalue weighted by molar-refractivity contribution is 7.99. The lowest BCUT2D eigenvalue weighted by Crippen LogP contribution is -2.32. The van der Waals surface area contributed by atoms with E-state index in [9.17, 15) is 0 Å². The minimum absolute atomic E-state index is 0.641. The zero-order chi connectivity index (χ0) is 16.4. The molecule has 0 radical (unpaired) electrons. The van der Waals surface area contributed by atoms with Gasteiger partial charge < -0.3 is 14.5 Å². The van der Waals surface area contributed by atoms with Crippen LogP contribution in [0.5, 0.6) is 0 Å². The van der Waals surface area contributed by atoms with Crippen LogP contribution in [0.2, 0.25) is 5.02 Å². The summed E-state index contributed by atoms with van der Waals surface area (Å²) in [6.45, 7) is 3.92. The number of ether oxygens (including phenoxy) is 1. The Labute approximate surface area is 151 Å². The number of hydrogen-bond acceptors (Lipinski definition) is 4. The van der Waals surface area contributed by atoms with Gasteiger partial charge in [-0.2, -0.15) is 0 Å². The SMILES string of the molecule is Clc1ccc2c(c1)N(CC#CN1CCOCC1)c1ccccc1S2. The van der Waals surface area contributed by atoms with Crippen molar-refractivity contribution in [2.75, 3.05) is 37.7 Å². The second-order valence-electron chi connectivity index (χ2n) is 5.66. The monoisotopic (exact) mass is 356 g/mol. The molecule has 0 unspecified atom stereocenters. The number of halogens is 1. The highest BCUT2D eigenvalue weighted by Gasteiger charge is 2.22. The van der Waals surface area contributed by atoms with Crippen molar-refractivity contribution in [2.24, 2.45) is 0 Å². The summed E-state index contributed by atoms with van der Waals surface area (Å²) < 4.78 is 5.36. The van der Waals surface area contributed by atoms with E-state index >= 15 is 0 Å². The normalized spacial score (nSPS) is 16.0. The summed E-state index contributed by atoms with van der Waals surface area (Å²) in [4.78, 5) is 6.85. The molecule has 2 aliphatic heterocycles. The fourth-order valence-electron chi connectivity index (χ4n) is 2.87. The van der Waals surface area contributed by atoms with Gasteiger partial charge in [-0.25, -0.2) is 0 Å². The van der Waals surface area contributed by atoms with Crippen molar-refractivity contribution < 1.29 is 4.74 Å². The van der Waals surface area contributed by atoms with E-state index in [1.807, 2.05) is 12.1 Å². The summed E-state index contributed by atoms with van der Waals surface area (Å²) in [5.41, 5.74) is 2.32. The van der Waals surface area contributed by atoms with Crippen LogP contribution in [0, 0.1) is 12.0 Å². The van der Waals surface area contributed by atoms with Gasteiger partial charge in [0.2, 0.25) is 0 Å². The average molecular weight is 357 g/mol. The van der Waals surface area contributed by atoms with E-state index in [-0.39, 0.29) is 0 Å². The van der Waals surface area contributed by atoms with E-state index in [2.05, 4.69) is 52.1 Å². The molecule has 0 aliphatic carbocycles. The molecule has 0 spiro atoms. The molecular weight excluding hydrogens is 340 g/mol. The highest BCUT2D eigenvalue weighted by Crippen LogP contribution is 2.48. The van der Waals surface area contributed by atoms with Gasteiger partial charge >= 0.3 is 0 Å². The summed E-state index contributed by atoms with van der Waals surface area (Å²) in [5, 5.41) is 0.750. The van der Waals surface area contributed by atoms with Crippen LogP contribution in [0.3, 0.4) is 0 Å². The number of morpholine rings is 1. The maximum absolute atomic E-state index is 6.23. The molecule has 0 N–H and O–H groups in total. The van der Waals surface area contributed by atoms with Crippen LogP contribution in [-0.4, -0.2) is 37.7 Å². The molecule has 122 valence electrons. The number of para-hydroxylation sites is 1. The quantitative estimate of drug-likeness (QED) is 0.710. The Balaban J connectivity index is 1.64. The molecule has 0 bridgehead atoms. The van der Waals surface area contributed by atoms with Crippen LogP contribution < -0.4 is 4.90 Å². The average Bonchev–Trinajstić information content (AvgIpc) is 2.62. The van der Waals surface area contributed by atoms with Gasteiger partial charge in [0, 0.05) is 33.9 Å². The van der Waals surface area contributed by atoms with Gasteiger partial charge in [-0.3, -0.25) is 0 Å². The van der Waals surface area contributed by atoms with E-state index in [1.165, 1.54) is 15.5 Å². The lowest BCUT2D eigenvalue weighted by atomic mass is 10.2. The number of rotatable bonds is 1. The molecule has 0 saturated carbocycles. The summed E-state index contributed by atoms with van der Waals surface area (Å²) in [5.74, 6) is 3.32. The topological polar surface area (TPSA) is 15.7 Å². The standard InChI is InChI=1S/C19H17ClN2OS/c20-15-6-7-19-17(14-15)22(16-4-1-2-5-18(16)24-19)9-3-8-21-10-12-23-13-11-21/h1-2,4-7,14H,9-13H2. The Morgan fingerprint density at radius 2 is 1.83 bits per heavy atom. The van der Waals surface area contributed by atoms with E-state index in [1.54, 1.807) is 11.8 Å². The second kappa shape index (κ2) is 6.98. The molecule has 2 heterocycles. The van der Waals surface area contributed by atoms with Gasteiger partial charge in [-0.15, -0.1) is 0 Å². The third kappa shape index (κ3) is 3.21. The summed E-state index contributed by atoms with van der Waals surface area (Å²) in [6, 6.07) is 17.8. The summed E-state index contributed by atoms with van der Waals surface area (Å²) >= 11 is 8.01. The van der Waals surface area contributed by atoms with E-state index in [4.69, 9.17) is 16.3 Å². The molecule has 0 atom stereocenters. The first kappa shape index (κ1) is 15.7. The molecule has 2 aromatic rings. The third-order valence-corrected chi connectivity index (χ3v) is 5.44. The Hall–Kier alpha value is -1.80. The van der Waals surface area contributed by atoms with Crippen LogP contribution in [0.25, 0.3) is 0 Å². The van der Waals surface area contributed by atoms with Gasteiger partial charge in [0.05, 0.1) is 31.1 Å². The van der Waals surface area contributed by atoms with Crippen molar-refractivity contribution >= 4 is 34.7 Å². The highest BCUT2D eigenvalue weighted by atomic mass is 35.5. The number of benzene rings is 2. The first-order valence-corrected chi connectivity index (χ1v) is 9.16. The van der Waals surface area contributed by atoms with Gasteiger partial charge in [0.15, 0.2) is 0 Å². The van der Waals surface area contributed by atoms with E-state index in [0.29, 0.717) is 6.54 Å². The summed E-state index contributed by atoms with van der Waals surface area (Å²) in [6.07, 6.45) is 0. The van der Waals surface area contributed by atoms with Gasteiger partial charge in [0.1, 0.15) is 0 Å². The van der Waals surface area contributed by atoms with Crippen LogP contribution in [0.1, 0.15) is 0 Å².